The summed E-state index contributed by atoms with van der Waals surface area (Å²) in [5, 5.41) is 4.04. The average Bonchev–Trinajstić information content (AvgIpc) is 2.70. The van der Waals surface area contributed by atoms with Gasteiger partial charge in [-0.05, 0) is 6.42 Å². The lowest BCUT2D eigenvalue weighted by atomic mass is 10.2. The third-order valence-corrected chi connectivity index (χ3v) is 2.64. The highest BCUT2D eigenvalue weighted by atomic mass is 19.3. The SMILES string of the molecule is NCc1cnn(C2CCC(F)(F)C2)c1. The summed E-state index contributed by atoms with van der Waals surface area (Å²) < 4.78 is 27.4. The molecule has 1 aromatic rings. The Kier molecular flexibility index (Phi) is 2.26. The van der Waals surface area contributed by atoms with Gasteiger partial charge in [0.2, 0.25) is 5.92 Å². The third-order valence-electron chi connectivity index (χ3n) is 2.64. The molecule has 0 aliphatic heterocycles. The Morgan fingerprint density at radius 3 is 2.93 bits per heavy atom. The molecule has 0 aromatic carbocycles. The predicted octanol–water partition coefficient (Wildman–Crippen LogP) is 1.70. The fourth-order valence-corrected chi connectivity index (χ4v) is 1.83. The molecule has 0 radical (unpaired) electrons. The fraction of sp³-hybridized carbons (Fsp3) is 0.667. The Morgan fingerprint density at radius 1 is 1.64 bits per heavy atom. The van der Waals surface area contributed by atoms with E-state index in [0.717, 1.165) is 5.56 Å². The van der Waals surface area contributed by atoms with Crippen LogP contribution in [0.25, 0.3) is 0 Å². The number of aromatic nitrogens is 2. The molecule has 1 fully saturated rings. The maximum absolute atomic E-state index is 12.9. The van der Waals surface area contributed by atoms with Gasteiger partial charge in [0.15, 0.2) is 0 Å². The number of rotatable bonds is 2. The summed E-state index contributed by atoms with van der Waals surface area (Å²) in [5.74, 6) is -2.51. The van der Waals surface area contributed by atoms with Gasteiger partial charge in [-0.1, -0.05) is 0 Å². The zero-order chi connectivity index (χ0) is 10.2. The maximum Gasteiger partial charge on any atom is 0.250 e. The van der Waals surface area contributed by atoms with Crippen LogP contribution >= 0.6 is 0 Å². The van der Waals surface area contributed by atoms with Gasteiger partial charge in [-0.15, -0.1) is 0 Å². The molecule has 0 bridgehead atoms. The molecule has 1 heterocycles. The molecule has 0 amide bonds. The van der Waals surface area contributed by atoms with Gasteiger partial charge in [0, 0.05) is 31.1 Å². The van der Waals surface area contributed by atoms with Crippen molar-refractivity contribution in [2.75, 3.05) is 0 Å². The summed E-state index contributed by atoms with van der Waals surface area (Å²) in [7, 11) is 0. The van der Waals surface area contributed by atoms with Crippen LogP contribution in [0.4, 0.5) is 8.78 Å². The van der Waals surface area contributed by atoms with E-state index in [1.165, 1.54) is 0 Å². The van der Waals surface area contributed by atoms with Crippen molar-refractivity contribution in [1.82, 2.24) is 9.78 Å². The Hall–Kier alpha value is -0.970. The normalized spacial score (nSPS) is 25.5. The molecule has 0 spiro atoms. The standard InChI is InChI=1S/C9H13F2N3/c10-9(11)2-1-8(3-9)14-6-7(4-12)5-13-14/h5-6,8H,1-4,12H2. The van der Waals surface area contributed by atoms with E-state index in [-0.39, 0.29) is 18.9 Å². The molecule has 2 N–H and O–H groups in total. The van der Waals surface area contributed by atoms with E-state index >= 15 is 0 Å². The lowest BCUT2D eigenvalue weighted by Gasteiger charge is -2.10. The molecule has 5 heteroatoms. The molecule has 78 valence electrons. The van der Waals surface area contributed by atoms with Crippen LogP contribution in [0.5, 0.6) is 0 Å². The highest BCUT2D eigenvalue weighted by Crippen LogP contribution is 2.41. The van der Waals surface area contributed by atoms with E-state index in [0.29, 0.717) is 13.0 Å². The van der Waals surface area contributed by atoms with Crippen LogP contribution in [-0.2, 0) is 6.54 Å². The molecule has 1 saturated carbocycles. The van der Waals surface area contributed by atoms with E-state index in [1.807, 2.05) is 0 Å². The van der Waals surface area contributed by atoms with E-state index < -0.39 is 5.92 Å². The summed E-state index contributed by atoms with van der Waals surface area (Å²) >= 11 is 0. The zero-order valence-corrected chi connectivity index (χ0v) is 7.79. The van der Waals surface area contributed by atoms with Crippen molar-refractivity contribution in [2.45, 2.75) is 37.8 Å². The van der Waals surface area contributed by atoms with E-state index in [4.69, 9.17) is 5.73 Å². The molecule has 1 aromatic heterocycles. The monoisotopic (exact) mass is 201 g/mol. The highest BCUT2D eigenvalue weighted by molar-refractivity contribution is 5.04. The first-order valence-corrected chi connectivity index (χ1v) is 4.72. The second-order valence-corrected chi connectivity index (χ2v) is 3.79. The van der Waals surface area contributed by atoms with Crippen molar-refractivity contribution < 1.29 is 8.78 Å². The fourth-order valence-electron chi connectivity index (χ4n) is 1.83. The van der Waals surface area contributed by atoms with Crippen LogP contribution < -0.4 is 5.73 Å². The lowest BCUT2D eigenvalue weighted by Crippen LogP contribution is -2.12. The predicted molar refractivity (Wildman–Crippen MR) is 48.0 cm³/mol. The molecule has 1 unspecified atom stereocenters. The van der Waals surface area contributed by atoms with Crippen molar-refractivity contribution in [3.05, 3.63) is 18.0 Å². The topological polar surface area (TPSA) is 43.8 Å². The van der Waals surface area contributed by atoms with Crippen molar-refractivity contribution in [3.63, 3.8) is 0 Å². The number of hydrogen-bond donors (Lipinski definition) is 1. The smallest absolute Gasteiger partial charge is 0.250 e. The average molecular weight is 201 g/mol. The van der Waals surface area contributed by atoms with Crippen LogP contribution in [0, 0.1) is 0 Å². The lowest BCUT2D eigenvalue weighted by molar-refractivity contribution is 0.00518. The first kappa shape index (κ1) is 9.58. The molecule has 1 atom stereocenters. The minimum atomic E-state index is -2.51. The molecule has 0 saturated heterocycles. The summed E-state index contributed by atoms with van der Waals surface area (Å²) in [4.78, 5) is 0. The molecule has 3 nitrogen and oxygen atoms in total. The van der Waals surface area contributed by atoms with Crippen LogP contribution in [0.3, 0.4) is 0 Å². The van der Waals surface area contributed by atoms with Gasteiger partial charge in [0.05, 0.1) is 12.2 Å². The van der Waals surface area contributed by atoms with Gasteiger partial charge < -0.3 is 5.73 Å². The molecule has 1 aliphatic rings. The first-order chi connectivity index (χ1) is 6.61. The van der Waals surface area contributed by atoms with Crippen molar-refractivity contribution >= 4 is 0 Å². The van der Waals surface area contributed by atoms with Gasteiger partial charge in [-0.2, -0.15) is 5.10 Å². The van der Waals surface area contributed by atoms with Gasteiger partial charge in [0.25, 0.3) is 0 Å². The third kappa shape index (κ3) is 1.77. The summed E-state index contributed by atoms with van der Waals surface area (Å²) in [6.45, 7) is 0.406. The van der Waals surface area contributed by atoms with Gasteiger partial charge in [-0.25, -0.2) is 8.78 Å². The maximum atomic E-state index is 12.9. The van der Waals surface area contributed by atoms with E-state index in [1.54, 1.807) is 17.1 Å². The van der Waals surface area contributed by atoms with Crippen molar-refractivity contribution in [3.8, 4) is 0 Å². The van der Waals surface area contributed by atoms with Crippen LogP contribution in [0.15, 0.2) is 12.4 Å². The second kappa shape index (κ2) is 3.31. The van der Waals surface area contributed by atoms with Crippen LogP contribution in [-0.4, -0.2) is 15.7 Å². The minimum Gasteiger partial charge on any atom is -0.326 e. The summed E-state index contributed by atoms with van der Waals surface area (Å²) in [6.07, 6.45) is 3.76. The Bertz CT molecular complexity index is 322. The second-order valence-electron chi connectivity index (χ2n) is 3.79. The molecular formula is C9H13F2N3. The first-order valence-electron chi connectivity index (χ1n) is 4.72. The Balaban J connectivity index is 2.09. The van der Waals surface area contributed by atoms with Gasteiger partial charge in [-0.3, -0.25) is 4.68 Å². The Morgan fingerprint density at radius 2 is 2.43 bits per heavy atom. The number of nitrogens with two attached hydrogens (primary N) is 1. The number of hydrogen-bond acceptors (Lipinski definition) is 2. The summed E-state index contributed by atoms with van der Waals surface area (Å²) in [6, 6.07) is -0.162. The zero-order valence-electron chi connectivity index (χ0n) is 7.79. The van der Waals surface area contributed by atoms with E-state index in [2.05, 4.69) is 5.10 Å². The molecule has 14 heavy (non-hydrogen) atoms. The largest absolute Gasteiger partial charge is 0.326 e. The quantitative estimate of drug-likeness (QED) is 0.791. The molecule has 2 rings (SSSR count). The molecular weight excluding hydrogens is 188 g/mol. The van der Waals surface area contributed by atoms with Crippen LogP contribution in [0.2, 0.25) is 0 Å². The van der Waals surface area contributed by atoms with Crippen molar-refractivity contribution in [2.24, 2.45) is 5.73 Å². The number of nitrogens with zero attached hydrogens (tertiary/aromatic N) is 2. The van der Waals surface area contributed by atoms with Gasteiger partial charge in [0.1, 0.15) is 0 Å². The number of halogens is 2. The molecule has 1 aliphatic carbocycles. The van der Waals surface area contributed by atoms with Crippen molar-refractivity contribution in [1.29, 1.82) is 0 Å². The van der Waals surface area contributed by atoms with E-state index in [9.17, 15) is 8.78 Å². The minimum absolute atomic E-state index is 0.0323. The Labute approximate surface area is 80.9 Å². The summed E-state index contributed by atoms with van der Waals surface area (Å²) in [5.41, 5.74) is 6.30. The highest BCUT2D eigenvalue weighted by Gasteiger charge is 2.40. The van der Waals surface area contributed by atoms with Gasteiger partial charge >= 0.3 is 0 Å². The van der Waals surface area contributed by atoms with Crippen LogP contribution in [0.1, 0.15) is 30.9 Å². The number of alkyl halides is 2.